The fourth-order valence-corrected chi connectivity index (χ4v) is 1.87. The number of rotatable bonds is 7. The zero-order valence-electron chi connectivity index (χ0n) is 13.5. The van der Waals surface area contributed by atoms with Crippen LogP contribution in [0, 0.1) is 0 Å². The first-order chi connectivity index (χ1) is 10.8. The van der Waals surface area contributed by atoms with Crippen molar-refractivity contribution >= 4 is 35.0 Å². The van der Waals surface area contributed by atoms with E-state index in [1.165, 1.54) is 4.90 Å². The normalized spacial score (nSPS) is 11.5. The van der Waals surface area contributed by atoms with Crippen LogP contribution in [0.2, 0.25) is 5.02 Å². The first-order valence-electron chi connectivity index (χ1n) is 7.11. The number of quaternary nitrogens is 1. The Morgan fingerprint density at radius 3 is 2.22 bits per heavy atom. The topological polar surface area (TPSA) is 83.0 Å². The van der Waals surface area contributed by atoms with Gasteiger partial charge in [0.2, 0.25) is 5.91 Å². The number of hydrogen-bond donors (Lipinski definition) is 3. The van der Waals surface area contributed by atoms with Crippen molar-refractivity contribution in [2.24, 2.45) is 0 Å². The maximum Gasteiger partial charge on any atom is 0.279 e. The molecule has 0 aromatic heterocycles. The highest BCUT2D eigenvalue weighted by Crippen LogP contribution is 2.12. The number of carbonyl (C=O) groups is 3. The summed E-state index contributed by atoms with van der Waals surface area (Å²) in [5.41, 5.74) is 0.647. The number of carbonyl (C=O) groups excluding carboxylic acids is 3. The lowest BCUT2D eigenvalue weighted by Gasteiger charge is -2.14. The molecule has 8 heteroatoms. The highest BCUT2D eigenvalue weighted by molar-refractivity contribution is 6.30. The molecular weight excluding hydrogens is 320 g/mol. The van der Waals surface area contributed by atoms with Crippen molar-refractivity contribution in [1.82, 2.24) is 10.2 Å². The summed E-state index contributed by atoms with van der Waals surface area (Å²) in [6.45, 7) is 0.197. The van der Waals surface area contributed by atoms with E-state index in [1.54, 1.807) is 45.4 Å². The summed E-state index contributed by atoms with van der Waals surface area (Å²) < 4.78 is 0. The minimum atomic E-state index is -0.281. The maximum absolute atomic E-state index is 11.9. The third-order valence-electron chi connectivity index (χ3n) is 2.99. The largest absolute Gasteiger partial charge is 0.347 e. The Kier molecular flexibility index (Phi) is 7.50. The summed E-state index contributed by atoms with van der Waals surface area (Å²) in [6.07, 6.45) is 0. The molecule has 0 aliphatic heterocycles. The molecule has 0 radical (unpaired) electrons. The molecule has 0 saturated heterocycles. The molecule has 3 N–H and O–H groups in total. The number of anilines is 1. The molecule has 1 rings (SSSR count). The summed E-state index contributed by atoms with van der Waals surface area (Å²) >= 11 is 5.77. The average Bonchev–Trinajstić information content (AvgIpc) is 2.46. The Balaban J connectivity index is 2.33. The molecule has 0 fully saturated rings. The highest BCUT2D eigenvalue weighted by Gasteiger charge is 2.15. The monoisotopic (exact) mass is 341 g/mol. The quantitative estimate of drug-likeness (QED) is 0.595. The van der Waals surface area contributed by atoms with Gasteiger partial charge in [-0.3, -0.25) is 14.4 Å². The van der Waals surface area contributed by atoms with Gasteiger partial charge in [-0.15, -0.1) is 0 Å². The van der Waals surface area contributed by atoms with Crippen LogP contribution in [-0.2, 0) is 14.4 Å². The Labute approximate surface area is 140 Å². The molecule has 0 spiro atoms. The average molecular weight is 342 g/mol. The lowest BCUT2D eigenvalue weighted by Crippen LogP contribution is -3.11. The molecule has 23 heavy (non-hydrogen) atoms. The highest BCUT2D eigenvalue weighted by atomic mass is 35.5. The fraction of sp³-hybridized carbons (Fsp3) is 0.400. The Hall–Kier alpha value is -2.12. The Morgan fingerprint density at radius 1 is 1.09 bits per heavy atom. The summed E-state index contributed by atoms with van der Waals surface area (Å²) in [7, 11) is 4.97. The zero-order valence-corrected chi connectivity index (χ0v) is 14.2. The van der Waals surface area contributed by atoms with Crippen molar-refractivity contribution in [3.8, 4) is 0 Å². The van der Waals surface area contributed by atoms with E-state index in [1.807, 2.05) is 0 Å². The second kappa shape index (κ2) is 9.12. The molecule has 0 aliphatic rings. The van der Waals surface area contributed by atoms with E-state index < -0.39 is 0 Å². The number of nitrogens with zero attached hydrogens (tertiary/aromatic N) is 1. The predicted octanol–water partition coefficient (Wildman–Crippen LogP) is -1.00. The van der Waals surface area contributed by atoms with Crippen molar-refractivity contribution in [3.63, 3.8) is 0 Å². The summed E-state index contributed by atoms with van der Waals surface area (Å²) in [4.78, 5) is 37.1. The molecule has 7 nitrogen and oxygen atoms in total. The molecule has 0 heterocycles. The van der Waals surface area contributed by atoms with Gasteiger partial charge in [0.1, 0.15) is 0 Å². The number of halogens is 1. The van der Waals surface area contributed by atoms with Crippen LogP contribution < -0.4 is 15.5 Å². The fourth-order valence-electron chi connectivity index (χ4n) is 1.74. The maximum atomic E-state index is 11.9. The van der Waals surface area contributed by atoms with Gasteiger partial charge in [-0.05, 0) is 24.3 Å². The van der Waals surface area contributed by atoms with Gasteiger partial charge >= 0.3 is 0 Å². The number of hydrogen-bond acceptors (Lipinski definition) is 3. The van der Waals surface area contributed by atoms with Crippen molar-refractivity contribution in [2.75, 3.05) is 46.1 Å². The number of amides is 3. The van der Waals surface area contributed by atoms with Crippen LogP contribution in [0.25, 0.3) is 0 Å². The Morgan fingerprint density at radius 2 is 1.65 bits per heavy atom. The summed E-state index contributed by atoms with van der Waals surface area (Å²) in [6, 6.07) is 6.77. The van der Waals surface area contributed by atoms with E-state index in [0.29, 0.717) is 15.6 Å². The number of benzene rings is 1. The third-order valence-corrected chi connectivity index (χ3v) is 3.24. The SMILES string of the molecule is CN(C)C(=O)CNC(=O)C[NH+](C)CC(=O)Nc1ccc(Cl)cc1. The van der Waals surface area contributed by atoms with Crippen LogP contribution in [0.4, 0.5) is 5.69 Å². The minimum absolute atomic E-state index is 0.0456. The van der Waals surface area contributed by atoms with Crippen LogP contribution in [0.5, 0.6) is 0 Å². The standard InChI is InChI=1S/C15H21ClN4O3/c1-19(2)15(23)8-17-13(21)9-20(3)10-14(22)18-12-6-4-11(16)5-7-12/h4-7H,8-10H2,1-3H3,(H,17,21)(H,18,22)/p+1. The molecule has 126 valence electrons. The van der Waals surface area contributed by atoms with Crippen LogP contribution in [0.3, 0.4) is 0 Å². The predicted molar refractivity (Wildman–Crippen MR) is 88.4 cm³/mol. The van der Waals surface area contributed by atoms with Gasteiger partial charge in [-0.2, -0.15) is 0 Å². The van der Waals surface area contributed by atoms with Gasteiger partial charge in [0, 0.05) is 24.8 Å². The van der Waals surface area contributed by atoms with Gasteiger partial charge in [0.05, 0.1) is 13.6 Å². The summed E-state index contributed by atoms with van der Waals surface area (Å²) in [5, 5.41) is 5.85. The molecular formula is C15H22ClN4O3+. The van der Waals surface area contributed by atoms with Gasteiger partial charge in [0.15, 0.2) is 13.1 Å². The second-order valence-corrected chi connectivity index (χ2v) is 5.87. The first kappa shape index (κ1) is 18.9. The lowest BCUT2D eigenvalue weighted by molar-refractivity contribution is -0.862. The van der Waals surface area contributed by atoms with Gasteiger partial charge in [-0.25, -0.2) is 0 Å². The van der Waals surface area contributed by atoms with E-state index in [9.17, 15) is 14.4 Å². The van der Waals surface area contributed by atoms with Crippen molar-refractivity contribution in [2.45, 2.75) is 0 Å². The van der Waals surface area contributed by atoms with Crippen LogP contribution in [-0.4, -0.2) is 63.4 Å². The van der Waals surface area contributed by atoms with Gasteiger partial charge in [0.25, 0.3) is 11.8 Å². The van der Waals surface area contributed by atoms with Crippen LogP contribution in [0.15, 0.2) is 24.3 Å². The van der Waals surface area contributed by atoms with Gasteiger partial charge in [-0.1, -0.05) is 11.6 Å². The molecule has 1 aromatic carbocycles. The second-order valence-electron chi connectivity index (χ2n) is 5.43. The first-order valence-corrected chi connectivity index (χ1v) is 7.49. The molecule has 1 atom stereocenters. The van der Waals surface area contributed by atoms with Crippen LogP contribution in [0.1, 0.15) is 0 Å². The number of nitrogens with one attached hydrogen (secondary N) is 3. The van der Waals surface area contributed by atoms with E-state index in [-0.39, 0.29) is 37.4 Å². The molecule has 1 aromatic rings. The number of likely N-dealkylation sites (N-methyl/N-ethyl adjacent to an activating group) is 2. The summed E-state index contributed by atoms with van der Waals surface area (Å²) in [5.74, 6) is -0.671. The molecule has 1 unspecified atom stereocenters. The zero-order chi connectivity index (χ0) is 17.4. The minimum Gasteiger partial charge on any atom is -0.347 e. The Bertz CT molecular complexity index is 560. The van der Waals surface area contributed by atoms with Gasteiger partial charge < -0.3 is 20.4 Å². The molecule has 0 aliphatic carbocycles. The molecule has 0 bridgehead atoms. The third kappa shape index (κ3) is 7.62. The van der Waals surface area contributed by atoms with Crippen molar-refractivity contribution in [3.05, 3.63) is 29.3 Å². The lowest BCUT2D eigenvalue weighted by atomic mass is 10.3. The van der Waals surface area contributed by atoms with E-state index in [2.05, 4.69) is 10.6 Å². The van der Waals surface area contributed by atoms with Crippen molar-refractivity contribution in [1.29, 1.82) is 0 Å². The molecule has 3 amide bonds. The van der Waals surface area contributed by atoms with Crippen LogP contribution >= 0.6 is 11.6 Å². The van der Waals surface area contributed by atoms with E-state index >= 15 is 0 Å². The molecule has 0 saturated carbocycles. The smallest absolute Gasteiger partial charge is 0.279 e. The van der Waals surface area contributed by atoms with E-state index in [0.717, 1.165) is 0 Å². The van der Waals surface area contributed by atoms with Crippen molar-refractivity contribution < 1.29 is 19.3 Å². The van der Waals surface area contributed by atoms with E-state index in [4.69, 9.17) is 11.6 Å².